The van der Waals surface area contributed by atoms with E-state index in [2.05, 4.69) is 15.4 Å². The molecule has 1 saturated heterocycles. The third-order valence-corrected chi connectivity index (χ3v) is 6.61. The minimum Gasteiger partial charge on any atom is -0.469 e. The predicted molar refractivity (Wildman–Crippen MR) is 95.1 cm³/mol. The molecule has 1 heterocycles. The number of hydrogen-bond donors (Lipinski definition) is 2. The molecule has 0 spiro atoms. The number of anilines is 1. The van der Waals surface area contributed by atoms with Gasteiger partial charge in [-0.15, -0.1) is 0 Å². The summed E-state index contributed by atoms with van der Waals surface area (Å²) in [4.78, 5) is 23.9. The lowest BCUT2D eigenvalue weighted by atomic mass is 9.95. The van der Waals surface area contributed by atoms with E-state index in [1.807, 2.05) is 0 Å². The van der Waals surface area contributed by atoms with Gasteiger partial charge in [0.05, 0.1) is 7.11 Å². The van der Waals surface area contributed by atoms with Crippen molar-refractivity contribution < 1.29 is 22.7 Å². The van der Waals surface area contributed by atoms with E-state index >= 15 is 0 Å². The molecule has 0 aliphatic carbocycles. The summed E-state index contributed by atoms with van der Waals surface area (Å²) in [5.74, 6) is -0.766. The van der Waals surface area contributed by atoms with Crippen LogP contribution in [0.25, 0.3) is 0 Å². The van der Waals surface area contributed by atoms with E-state index in [-0.39, 0.29) is 25.2 Å². The molecule has 0 bridgehead atoms. The largest absolute Gasteiger partial charge is 0.469 e. The molecule has 1 aliphatic heterocycles. The molecule has 25 heavy (non-hydrogen) atoms. The minimum atomic E-state index is -3.54. The highest BCUT2D eigenvalue weighted by molar-refractivity contribution is 7.92. The van der Waals surface area contributed by atoms with Crippen LogP contribution >= 0.6 is 0 Å². The maximum atomic E-state index is 12.7. The first-order chi connectivity index (χ1) is 11.8. The number of carbonyl (C=O) groups excluding carboxylic acids is 2. The van der Waals surface area contributed by atoms with Gasteiger partial charge in [0.25, 0.3) is 0 Å². The topological polar surface area (TPSA) is 102 Å². The summed E-state index contributed by atoms with van der Waals surface area (Å²) in [5, 5.41) is 5.81. The summed E-state index contributed by atoms with van der Waals surface area (Å²) in [6, 6.07) is 7.02. The molecule has 1 fully saturated rings. The zero-order chi connectivity index (χ0) is 18.5. The third kappa shape index (κ3) is 4.58. The van der Waals surface area contributed by atoms with Crippen molar-refractivity contribution in [1.29, 1.82) is 0 Å². The number of amides is 1. The summed E-state index contributed by atoms with van der Waals surface area (Å²) in [7, 11) is -2.19. The van der Waals surface area contributed by atoms with E-state index in [0.717, 1.165) is 11.8 Å². The van der Waals surface area contributed by atoms with Crippen LogP contribution in [0.2, 0.25) is 0 Å². The van der Waals surface area contributed by atoms with Crippen molar-refractivity contribution in [2.75, 3.05) is 31.8 Å². The van der Waals surface area contributed by atoms with Crippen LogP contribution in [0.1, 0.15) is 24.8 Å². The second-order valence-corrected chi connectivity index (χ2v) is 8.57. The molecule has 1 amide bonds. The Morgan fingerprint density at radius 2 is 1.80 bits per heavy atom. The van der Waals surface area contributed by atoms with Crippen molar-refractivity contribution in [2.24, 2.45) is 0 Å². The lowest BCUT2D eigenvalue weighted by Gasteiger charge is -2.34. The first-order valence-corrected chi connectivity index (χ1v) is 10.1. The fourth-order valence-corrected chi connectivity index (χ4v) is 4.28. The van der Waals surface area contributed by atoms with Crippen molar-refractivity contribution in [3.8, 4) is 0 Å². The quantitative estimate of drug-likeness (QED) is 0.724. The van der Waals surface area contributed by atoms with Crippen molar-refractivity contribution in [3.05, 3.63) is 29.8 Å². The smallest absolute Gasteiger partial charge is 0.305 e. The Morgan fingerprint density at radius 3 is 2.32 bits per heavy atom. The highest BCUT2D eigenvalue weighted by atomic mass is 32.2. The number of ether oxygens (including phenoxy) is 1. The van der Waals surface area contributed by atoms with Crippen LogP contribution in [0.5, 0.6) is 0 Å². The molecule has 0 unspecified atom stereocenters. The van der Waals surface area contributed by atoms with E-state index in [1.165, 1.54) is 7.11 Å². The zero-order valence-corrected chi connectivity index (χ0v) is 15.3. The van der Waals surface area contributed by atoms with Gasteiger partial charge in [0, 0.05) is 18.4 Å². The van der Waals surface area contributed by atoms with Crippen LogP contribution < -0.4 is 10.6 Å². The van der Waals surface area contributed by atoms with Crippen LogP contribution in [0, 0.1) is 0 Å². The number of methoxy groups -OCH3 is 1. The average Bonchev–Trinajstić information content (AvgIpc) is 2.60. The fourth-order valence-electron chi connectivity index (χ4n) is 2.95. The molecule has 7 nitrogen and oxygen atoms in total. The molecule has 0 radical (unpaired) electrons. The lowest BCUT2D eigenvalue weighted by Crippen LogP contribution is -2.55. The molecular formula is C17H24N2O5S. The first kappa shape index (κ1) is 19.4. The molecule has 0 atom stereocenters. The summed E-state index contributed by atoms with van der Waals surface area (Å²) < 4.78 is 27.7. The molecule has 1 aromatic rings. The average molecular weight is 368 g/mol. The Hall–Kier alpha value is -1.93. The summed E-state index contributed by atoms with van der Waals surface area (Å²) >= 11 is 0. The zero-order valence-electron chi connectivity index (χ0n) is 14.5. The van der Waals surface area contributed by atoms with Gasteiger partial charge in [-0.25, -0.2) is 8.42 Å². The van der Waals surface area contributed by atoms with E-state index in [0.29, 0.717) is 25.2 Å². The maximum Gasteiger partial charge on any atom is 0.305 e. The Labute approximate surface area is 148 Å². The lowest BCUT2D eigenvalue weighted by molar-refractivity contribution is -0.140. The molecule has 8 heteroatoms. The SMILES string of the molecule is COC(=O)CCc1ccc(NC(=O)C2(S(C)(=O)=O)CCNCC2)cc1. The van der Waals surface area contributed by atoms with Gasteiger partial charge in [-0.05, 0) is 50.0 Å². The normalized spacial score (nSPS) is 16.9. The van der Waals surface area contributed by atoms with Gasteiger partial charge in [0.15, 0.2) is 14.6 Å². The fraction of sp³-hybridized carbons (Fsp3) is 0.529. The molecule has 138 valence electrons. The van der Waals surface area contributed by atoms with Gasteiger partial charge in [0.1, 0.15) is 0 Å². The van der Waals surface area contributed by atoms with E-state index in [9.17, 15) is 18.0 Å². The molecule has 2 rings (SSSR count). The number of sulfone groups is 1. The summed E-state index contributed by atoms with van der Waals surface area (Å²) in [6.45, 7) is 0.986. The van der Waals surface area contributed by atoms with Crippen LogP contribution in [0.15, 0.2) is 24.3 Å². The first-order valence-electron chi connectivity index (χ1n) is 8.16. The van der Waals surface area contributed by atoms with E-state index in [4.69, 9.17) is 0 Å². The Kier molecular flexibility index (Phi) is 6.18. The van der Waals surface area contributed by atoms with Crippen LogP contribution in [-0.4, -0.2) is 51.5 Å². The standard InChI is InChI=1S/C17H24N2O5S/c1-24-15(20)8-5-13-3-6-14(7-4-13)19-16(21)17(25(2,22)23)9-11-18-12-10-17/h3-4,6-7,18H,5,8-12H2,1-2H3,(H,19,21). The second-order valence-electron chi connectivity index (χ2n) is 6.24. The molecular weight excluding hydrogens is 344 g/mol. The number of benzene rings is 1. The van der Waals surface area contributed by atoms with Gasteiger partial charge in [-0.2, -0.15) is 0 Å². The minimum absolute atomic E-state index is 0.259. The van der Waals surface area contributed by atoms with Gasteiger partial charge in [-0.3, -0.25) is 9.59 Å². The van der Waals surface area contributed by atoms with Crippen molar-refractivity contribution in [2.45, 2.75) is 30.4 Å². The summed E-state index contributed by atoms with van der Waals surface area (Å²) in [5.41, 5.74) is 1.47. The molecule has 1 aromatic carbocycles. The number of piperidine rings is 1. The number of esters is 1. The molecule has 2 N–H and O–H groups in total. The number of carbonyl (C=O) groups is 2. The molecule has 0 saturated carbocycles. The molecule has 1 aliphatic rings. The number of hydrogen-bond acceptors (Lipinski definition) is 6. The highest BCUT2D eigenvalue weighted by Gasteiger charge is 2.48. The van der Waals surface area contributed by atoms with Crippen LogP contribution in [0.3, 0.4) is 0 Å². The van der Waals surface area contributed by atoms with Crippen molar-refractivity contribution >= 4 is 27.4 Å². The summed E-state index contributed by atoms with van der Waals surface area (Å²) in [6.07, 6.45) is 2.46. The van der Waals surface area contributed by atoms with E-state index in [1.54, 1.807) is 24.3 Å². The Morgan fingerprint density at radius 1 is 1.20 bits per heavy atom. The number of nitrogens with one attached hydrogen (secondary N) is 2. The van der Waals surface area contributed by atoms with Crippen molar-refractivity contribution in [1.82, 2.24) is 5.32 Å². The number of rotatable bonds is 6. The van der Waals surface area contributed by atoms with Crippen LogP contribution in [0.4, 0.5) is 5.69 Å². The van der Waals surface area contributed by atoms with Gasteiger partial charge in [-0.1, -0.05) is 12.1 Å². The third-order valence-electron chi connectivity index (χ3n) is 4.59. The monoisotopic (exact) mass is 368 g/mol. The highest BCUT2D eigenvalue weighted by Crippen LogP contribution is 2.29. The second kappa shape index (κ2) is 7.97. The number of aryl methyl sites for hydroxylation is 1. The Balaban J connectivity index is 2.07. The van der Waals surface area contributed by atoms with Crippen molar-refractivity contribution in [3.63, 3.8) is 0 Å². The van der Waals surface area contributed by atoms with Crippen LogP contribution in [-0.2, 0) is 30.6 Å². The maximum absolute atomic E-state index is 12.7. The Bertz CT molecular complexity index is 722. The van der Waals surface area contributed by atoms with Gasteiger partial charge >= 0.3 is 5.97 Å². The molecule has 0 aromatic heterocycles. The van der Waals surface area contributed by atoms with E-state index < -0.39 is 20.5 Å². The van der Waals surface area contributed by atoms with Gasteiger partial charge < -0.3 is 15.4 Å². The predicted octanol–water partition coefficient (Wildman–Crippen LogP) is 0.897. The van der Waals surface area contributed by atoms with Gasteiger partial charge in [0.2, 0.25) is 5.91 Å².